The van der Waals surface area contributed by atoms with Crippen molar-refractivity contribution in [2.75, 3.05) is 18.2 Å². The van der Waals surface area contributed by atoms with Crippen molar-refractivity contribution >= 4 is 23.6 Å². The lowest BCUT2D eigenvalue weighted by molar-refractivity contribution is -0.117. The molecular weight excluding hydrogens is 404 g/mol. The minimum Gasteiger partial charge on any atom is -0.493 e. The van der Waals surface area contributed by atoms with Gasteiger partial charge in [0.1, 0.15) is 17.1 Å². The van der Waals surface area contributed by atoms with E-state index in [2.05, 4.69) is 5.43 Å². The maximum absolute atomic E-state index is 12.7. The third-order valence-electron chi connectivity index (χ3n) is 4.92. The molecule has 32 heavy (non-hydrogen) atoms. The molecule has 1 heterocycles. The van der Waals surface area contributed by atoms with E-state index in [0.717, 1.165) is 12.2 Å². The number of carbonyl (C=O) groups is 2. The highest BCUT2D eigenvalue weighted by Gasteiger charge is 2.34. The molecule has 6 heteroatoms. The van der Waals surface area contributed by atoms with Crippen molar-refractivity contribution in [2.45, 2.75) is 13.3 Å². The highest BCUT2D eigenvalue weighted by atomic mass is 16.5. The normalized spacial score (nSPS) is 14.5. The smallest absolute Gasteiger partial charge is 0.282 e. The molecule has 0 aromatic heterocycles. The van der Waals surface area contributed by atoms with E-state index in [1.54, 1.807) is 24.3 Å². The largest absolute Gasteiger partial charge is 0.493 e. The molecule has 0 aliphatic carbocycles. The fourth-order valence-electron chi connectivity index (χ4n) is 3.25. The Hall–Kier alpha value is -4.06. The Bertz CT molecular complexity index is 1120. The van der Waals surface area contributed by atoms with Gasteiger partial charge in [0.15, 0.2) is 0 Å². The number of amides is 2. The third kappa shape index (κ3) is 5.16. The highest BCUT2D eigenvalue weighted by molar-refractivity contribution is 6.31. The van der Waals surface area contributed by atoms with Crippen molar-refractivity contribution in [2.24, 2.45) is 0 Å². The first-order valence-electron chi connectivity index (χ1n) is 10.4. The molecule has 0 saturated carbocycles. The van der Waals surface area contributed by atoms with E-state index in [1.165, 1.54) is 10.6 Å². The van der Waals surface area contributed by atoms with E-state index >= 15 is 0 Å². The predicted molar refractivity (Wildman–Crippen MR) is 123 cm³/mol. The van der Waals surface area contributed by atoms with Gasteiger partial charge in [0.05, 0.1) is 18.9 Å². The summed E-state index contributed by atoms with van der Waals surface area (Å²) in [6.07, 6.45) is 2.31. The van der Waals surface area contributed by atoms with Crippen LogP contribution >= 0.6 is 0 Å². The van der Waals surface area contributed by atoms with Gasteiger partial charge in [0.25, 0.3) is 11.8 Å². The fourth-order valence-corrected chi connectivity index (χ4v) is 3.25. The summed E-state index contributed by atoms with van der Waals surface area (Å²) in [5.74, 6) is 0.688. The molecule has 1 aliphatic rings. The van der Waals surface area contributed by atoms with Gasteiger partial charge in [-0.3, -0.25) is 15.0 Å². The van der Waals surface area contributed by atoms with Gasteiger partial charge in [0, 0.05) is 6.42 Å². The molecule has 162 valence electrons. The minimum atomic E-state index is -0.432. The standard InChI is InChI=1S/C26H24N2O4/c1-19-11-13-22(14-12-19)31-15-6-16-32-23-10-5-7-20(17-23)18-24-25(29)27-28(26(24)30)21-8-3-2-4-9-21/h2-5,7-14,17-18H,6,15-16H2,1H3,(H,27,29). The Morgan fingerprint density at radius 1 is 0.844 bits per heavy atom. The SMILES string of the molecule is Cc1ccc(OCCCOc2cccc(C=C3C(=O)NN(c4ccccc4)C3=O)c2)cc1. The first-order chi connectivity index (χ1) is 15.6. The Morgan fingerprint density at radius 2 is 1.56 bits per heavy atom. The van der Waals surface area contributed by atoms with Crippen LogP contribution in [0.1, 0.15) is 17.5 Å². The summed E-state index contributed by atoms with van der Waals surface area (Å²) in [7, 11) is 0. The number of hydrogen-bond donors (Lipinski definition) is 1. The van der Waals surface area contributed by atoms with E-state index in [1.807, 2.05) is 67.6 Å². The number of nitrogens with zero attached hydrogens (tertiary/aromatic N) is 1. The van der Waals surface area contributed by atoms with Gasteiger partial charge in [-0.15, -0.1) is 0 Å². The van der Waals surface area contributed by atoms with Crippen LogP contribution in [0.2, 0.25) is 0 Å². The lowest BCUT2D eigenvalue weighted by Gasteiger charge is -2.13. The molecular formula is C26H24N2O4. The van der Waals surface area contributed by atoms with Crippen LogP contribution in [-0.4, -0.2) is 25.0 Å². The second kappa shape index (κ2) is 9.83. The van der Waals surface area contributed by atoms with Gasteiger partial charge < -0.3 is 9.47 Å². The zero-order valence-corrected chi connectivity index (χ0v) is 17.8. The Balaban J connectivity index is 1.33. The summed E-state index contributed by atoms with van der Waals surface area (Å²) in [6.45, 7) is 3.08. The molecule has 0 radical (unpaired) electrons. The van der Waals surface area contributed by atoms with Gasteiger partial charge in [-0.1, -0.05) is 48.0 Å². The summed E-state index contributed by atoms with van der Waals surface area (Å²) in [4.78, 5) is 25.1. The van der Waals surface area contributed by atoms with E-state index in [0.29, 0.717) is 30.2 Å². The van der Waals surface area contributed by atoms with Crippen LogP contribution in [0.25, 0.3) is 6.08 Å². The number of carbonyl (C=O) groups excluding carboxylic acids is 2. The van der Waals surface area contributed by atoms with E-state index < -0.39 is 5.91 Å². The van der Waals surface area contributed by atoms with Crippen molar-refractivity contribution in [3.8, 4) is 11.5 Å². The molecule has 0 unspecified atom stereocenters. The third-order valence-corrected chi connectivity index (χ3v) is 4.92. The van der Waals surface area contributed by atoms with Gasteiger partial charge in [-0.2, -0.15) is 0 Å². The summed E-state index contributed by atoms with van der Waals surface area (Å²) in [5.41, 5.74) is 5.20. The molecule has 0 bridgehead atoms. The van der Waals surface area contributed by atoms with Crippen LogP contribution in [0.15, 0.2) is 84.4 Å². The zero-order chi connectivity index (χ0) is 22.3. The highest BCUT2D eigenvalue weighted by Crippen LogP contribution is 2.22. The number of para-hydroxylation sites is 1. The number of benzene rings is 3. The van der Waals surface area contributed by atoms with E-state index in [-0.39, 0.29) is 11.5 Å². The monoisotopic (exact) mass is 428 g/mol. The number of rotatable bonds is 8. The van der Waals surface area contributed by atoms with Gasteiger partial charge in [0.2, 0.25) is 0 Å². The van der Waals surface area contributed by atoms with Crippen molar-refractivity contribution in [1.29, 1.82) is 0 Å². The summed E-state index contributed by atoms with van der Waals surface area (Å²) < 4.78 is 11.5. The maximum atomic E-state index is 12.7. The number of hydrogen-bond acceptors (Lipinski definition) is 4. The summed E-state index contributed by atoms with van der Waals surface area (Å²) in [5, 5.41) is 1.25. The Labute approximate surface area is 187 Å². The summed E-state index contributed by atoms with van der Waals surface area (Å²) >= 11 is 0. The molecule has 1 fully saturated rings. The second-order valence-corrected chi connectivity index (χ2v) is 7.41. The van der Waals surface area contributed by atoms with E-state index in [9.17, 15) is 9.59 Å². The molecule has 1 saturated heterocycles. The number of anilines is 1. The van der Waals surface area contributed by atoms with Crippen molar-refractivity contribution in [3.63, 3.8) is 0 Å². The van der Waals surface area contributed by atoms with Crippen LogP contribution in [0.4, 0.5) is 5.69 Å². The maximum Gasteiger partial charge on any atom is 0.282 e. The Kier molecular flexibility index (Phi) is 6.51. The van der Waals surface area contributed by atoms with Crippen molar-refractivity contribution in [3.05, 3.63) is 95.6 Å². The quantitative estimate of drug-likeness (QED) is 0.330. The number of ether oxygens (including phenoxy) is 2. The predicted octanol–water partition coefficient (Wildman–Crippen LogP) is 4.30. The minimum absolute atomic E-state index is 0.0810. The number of nitrogens with one attached hydrogen (secondary N) is 1. The first kappa shape index (κ1) is 21.2. The Morgan fingerprint density at radius 3 is 2.31 bits per heavy atom. The first-order valence-corrected chi connectivity index (χ1v) is 10.4. The van der Waals surface area contributed by atoms with Crippen LogP contribution in [0.5, 0.6) is 11.5 Å². The molecule has 0 spiro atoms. The molecule has 2 amide bonds. The average Bonchev–Trinajstić information content (AvgIpc) is 3.09. The van der Waals surface area contributed by atoms with Crippen LogP contribution in [0.3, 0.4) is 0 Å². The van der Waals surface area contributed by atoms with Gasteiger partial charge >= 0.3 is 0 Å². The van der Waals surface area contributed by atoms with Gasteiger partial charge in [-0.25, -0.2) is 5.01 Å². The zero-order valence-electron chi connectivity index (χ0n) is 17.8. The van der Waals surface area contributed by atoms with Gasteiger partial charge in [-0.05, 0) is 55.0 Å². The van der Waals surface area contributed by atoms with Crippen LogP contribution in [-0.2, 0) is 9.59 Å². The molecule has 1 N–H and O–H groups in total. The molecule has 3 aromatic carbocycles. The van der Waals surface area contributed by atoms with Crippen molar-refractivity contribution in [1.82, 2.24) is 5.43 Å². The number of hydrazine groups is 1. The number of aryl methyl sites for hydroxylation is 1. The topological polar surface area (TPSA) is 67.9 Å². The van der Waals surface area contributed by atoms with Crippen molar-refractivity contribution < 1.29 is 19.1 Å². The lowest BCUT2D eigenvalue weighted by Crippen LogP contribution is -2.35. The van der Waals surface area contributed by atoms with Crippen LogP contribution < -0.4 is 19.9 Å². The molecule has 6 nitrogen and oxygen atoms in total. The summed E-state index contributed by atoms with van der Waals surface area (Å²) in [6, 6.07) is 24.2. The molecule has 0 atom stereocenters. The fraction of sp³-hybridized carbons (Fsp3) is 0.154. The van der Waals surface area contributed by atoms with Crippen LogP contribution in [0, 0.1) is 6.92 Å². The second-order valence-electron chi connectivity index (χ2n) is 7.41. The average molecular weight is 428 g/mol. The molecule has 1 aliphatic heterocycles. The van der Waals surface area contributed by atoms with E-state index in [4.69, 9.17) is 9.47 Å². The molecule has 4 rings (SSSR count). The molecule has 3 aromatic rings. The lowest BCUT2D eigenvalue weighted by atomic mass is 10.1.